The van der Waals surface area contributed by atoms with Gasteiger partial charge in [-0.25, -0.2) is 19.2 Å². The monoisotopic (exact) mass is 383 g/mol. The number of aromatic nitrogens is 2. The lowest BCUT2D eigenvalue weighted by atomic mass is 10.00. The minimum Gasteiger partial charge on any atom is -0.476 e. The van der Waals surface area contributed by atoms with E-state index in [9.17, 15) is 14.3 Å². The van der Waals surface area contributed by atoms with Crippen molar-refractivity contribution < 1.29 is 19.4 Å². The second kappa shape index (κ2) is 7.98. The second-order valence-corrected chi connectivity index (χ2v) is 5.92. The van der Waals surface area contributed by atoms with Crippen molar-refractivity contribution >= 4 is 27.7 Å². The van der Waals surface area contributed by atoms with E-state index in [1.807, 2.05) is 0 Å². The highest BCUT2D eigenvalue weighted by atomic mass is 79.9. The summed E-state index contributed by atoms with van der Waals surface area (Å²) >= 11 is 3.23. The molecule has 0 spiro atoms. The van der Waals surface area contributed by atoms with Gasteiger partial charge in [-0.3, -0.25) is 0 Å². The number of carboxylic acid groups (broad SMARTS) is 1. The Labute approximate surface area is 140 Å². The minimum absolute atomic E-state index is 0.0816. The van der Waals surface area contributed by atoms with Crippen molar-refractivity contribution in [3.05, 3.63) is 52.1 Å². The Morgan fingerprint density at radius 3 is 2.65 bits per heavy atom. The molecule has 2 aromatic rings. The van der Waals surface area contributed by atoms with E-state index in [1.54, 1.807) is 6.07 Å². The van der Waals surface area contributed by atoms with Gasteiger partial charge >= 0.3 is 5.97 Å². The minimum atomic E-state index is -1.14. The summed E-state index contributed by atoms with van der Waals surface area (Å²) in [6.45, 7) is 0.313. The maximum absolute atomic E-state index is 13.4. The average Bonchev–Trinajstić information content (AvgIpc) is 2.50. The molecule has 0 aliphatic heterocycles. The van der Waals surface area contributed by atoms with Crippen LogP contribution in [0.4, 0.5) is 10.2 Å². The van der Waals surface area contributed by atoms with Crippen molar-refractivity contribution in [1.82, 2.24) is 9.97 Å². The number of aliphatic hydroxyl groups excluding tert-OH is 1. The molecule has 8 heteroatoms. The molecular weight excluding hydrogens is 369 g/mol. The lowest BCUT2D eigenvalue weighted by Gasteiger charge is -2.15. The van der Waals surface area contributed by atoms with Crippen LogP contribution in [0, 0.1) is 11.7 Å². The Bertz CT molecular complexity index is 662. The Kier molecular flexibility index (Phi) is 6.00. The summed E-state index contributed by atoms with van der Waals surface area (Å²) in [5.41, 5.74) is 0.629. The van der Waals surface area contributed by atoms with E-state index in [0.717, 1.165) is 11.8 Å². The molecule has 23 heavy (non-hydrogen) atoms. The van der Waals surface area contributed by atoms with E-state index in [-0.39, 0.29) is 24.0 Å². The third-order valence-corrected chi connectivity index (χ3v) is 3.61. The molecular formula is C15H15BrFN3O3. The smallest absolute Gasteiger partial charge is 0.356 e. The summed E-state index contributed by atoms with van der Waals surface area (Å²) < 4.78 is 14.0. The van der Waals surface area contributed by atoms with Gasteiger partial charge in [-0.05, 0) is 30.2 Å². The highest BCUT2D eigenvalue weighted by Gasteiger charge is 2.11. The molecule has 3 N–H and O–H groups in total. The summed E-state index contributed by atoms with van der Waals surface area (Å²) in [6, 6.07) is 4.59. The molecule has 0 bridgehead atoms. The Morgan fingerprint density at radius 2 is 2.09 bits per heavy atom. The molecule has 0 aliphatic rings. The third-order valence-electron chi connectivity index (χ3n) is 3.15. The van der Waals surface area contributed by atoms with E-state index in [4.69, 9.17) is 5.11 Å². The van der Waals surface area contributed by atoms with Gasteiger partial charge in [0.15, 0.2) is 5.69 Å². The molecule has 0 saturated heterocycles. The van der Waals surface area contributed by atoms with Crippen LogP contribution in [0.2, 0.25) is 0 Å². The largest absolute Gasteiger partial charge is 0.476 e. The van der Waals surface area contributed by atoms with Crippen molar-refractivity contribution in [2.75, 3.05) is 18.5 Å². The molecule has 1 aromatic carbocycles. The van der Waals surface area contributed by atoms with Gasteiger partial charge < -0.3 is 15.5 Å². The van der Waals surface area contributed by atoms with Gasteiger partial charge in [-0.2, -0.15) is 0 Å². The fourth-order valence-corrected chi connectivity index (χ4v) is 2.55. The molecule has 122 valence electrons. The van der Waals surface area contributed by atoms with Gasteiger partial charge in [0, 0.05) is 23.5 Å². The average molecular weight is 384 g/mol. The third kappa shape index (κ3) is 5.26. The molecule has 0 aliphatic carbocycles. The lowest BCUT2D eigenvalue weighted by molar-refractivity contribution is 0.0690. The van der Waals surface area contributed by atoms with Crippen molar-refractivity contribution in [2.24, 2.45) is 5.92 Å². The summed E-state index contributed by atoms with van der Waals surface area (Å²) in [6.07, 6.45) is 2.96. The Morgan fingerprint density at radius 1 is 1.30 bits per heavy atom. The van der Waals surface area contributed by atoms with Gasteiger partial charge in [0.05, 0.1) is 12.4 Å². The molecule has 1 heterocycles. The van der Waals surface area contributed by atoms with E-state index >= 15 is 0 Å². The summed E-state index contributed by atoms with van der Waals surface area (Å²) in [5, 5.41) is 21.2. The second-order valence-electron chi connectivity index (χ2n) is 5.00. The number of hydrogen-bond donors (Lipinski definition) is 3. The molecule has 0 fully saturated rings. The summed E-state index contributed by atoms with van der Waals surface area (Å²) in [7, 11) is 0. The van der Waals surface area contributed by atoms with Crippen LogP contribution in [-0.4, -0.2) is 39.3 Å². The van der Waals surface area contributed by atoms with Crippen molar-refractivity contribution in [1.29, 1.82) is 0 Å². The van der Waals surface area contributed by atoms with Crippen LogP contribution in [-0.2, 0) is 6.42 Å². The number of halogens is 2. The Hall–Kier alpha value is -2.06. The van der Waals surface area contributed by atoms with Crippen LogP contribution >= 0.6 is 15.9 Å². The van der Waals surface area contributed by atoms with Gasteiger partial charge in [-0.1, -0.05) is 15.9 Å². The highest BCUT2D eigenvalue weighted by Crippen LogP contribution is 2.18. The number of aliphatic hydroxyl groups is 1. The maximum Gasteiger partial charge on any atom is 0.356 e. The van der Waals surface area contributed by atoms with E-state index in [0.29, 0.717) is 23.3 Å². The molecule has 1 atom stereocenters. The number of nitrogens with one attached hydrogen (secondary N) is 1. The van der Waals surface area contributed by atoms with Crippen LogP contribution in [0.5, 0.6) is 0 Å². The van der Waals surface area contributed by atoms with Crippen molar-refractivity contribution in [2.45, 2.75) is 6.42 Å². The maximum atomic E-state index is 13.4. The zero-order valence-corrected chi connectivity index (χ0v) is 13.6. The molecule has 6 nitrogen and oxygen atoms in total. The fourth-order valence-electron chi connectivity index (χ4n) is 2.04. The van der Waals surface area contributed by atoms with Crippen molar-refractivity contribution in [3.63, 3.8) is 0 Å². The first-order valence-electron chi connectivity index (χ1n) is 6.83. The van der Waals surface area contributed by atoms with Crippen LogP contribution in [0.1, 0.15) is 16.1 Å². The summed E-state index contributed by atoms with van der Waals surface area (Å²) in [4.78, 5) is 18.4. The van der Waals surface area contributed by atoms with Crippen LogP contribution in [0.25, 0.3) is 0 Å². The molecule has 0 radical (unpaired) electrons. The molecule has 1 unspecified atom stereocenters. The van der Waals surface area contributed by atoms with Gasteiger partial charge in [0.2, 0.25) is 0 Å². The topological polar surface area (TPSA) is 95.3 Å². The first-order valence-corrected chi connectivity index (χ1v) is 7.62. The number of nitrogens with zero attached hydrogens (tertiary/aromatic N) is 2. The summed E-state index contributed by atoms with van der Waals surface area (Å²) in [5.74, 6) is -1.22. The number of carboxylic acids is 1. The quantitative estimate of drug-likeness (QED) is 0.679. The zero-order valence-electron chi connectivity index (χ0n) is 12.0. The predicted molar refractivity (Wildman–Crippen MR) is 85.9 cm³/mol. The lowest BCUT2D eigenvalue weighted by Crippen LogP contribution is -2.21. The first-order chi connectivity index (χ1) is 11.0. The van der Waals surface area contributed by atoms with Crippen LogP contribution < -0.4 is 5.32 Å². The predicted octanol–water partition coefficient (Wildman–Crippen LogP) is 2.34. The highest BCUT2D eigenvalue weighted by molar-refractivity contribution is 9.10. The van der Waals surface area contributed by atoms with E-state index in [2.05, 4.69) is 31.2 Å². The standard InChI is InChI=1S/C15H15BrFN3O3/c16-11-2-9(3-12(17)4-11)1-10(8-21)5-19-14-7-18-13(6-20-14)15(22)23/h2-4,6-7,10,21H,1,5,8H2,(H,19,20)(H,22,23). The number of anilines is 1. The number of carbonyl (C=O) groups is 1. The first kappa shape index (κ1) is 17.3. The van der Waals surface area contributed by atoms with E-state index in [1.165, 1.54) is 18.3 Å². The van der Waals surface area contributed by atoms with Crippen LogP contribution in [0.15, 0.2) is 35.1 Å². The number of aromatic carboxylic acids is 1. The Balaban J connectivity index is 1.95. The van der Waals surface area contributed by atoms with E-state index < -0.39 is 5.97 Å². The van der Waals surface area contributed by atoms with Crippen LogP contribution in [0.3, 0.4) is 0 Å². The van der Waals surface area contributed by atoms with Gasteiger partial charge in [0.1, 0.15) is 11.6 Å². The number of rotatable bonds is 7. The normalized spacial score (nSPS) is 12.0. The molecule has 0 amide bonds. The van der Waals surface area contributed by atoms with Crippen molar-refractivity contribution in [3.8, 4) is 0 Å². The molecule has 1 aromatic heterocycles. The molecule has 0 saturated carbocycles. The zero-order chi connectivity index (χ0) is 16.8. The fraction of sp³-hybridized carbons (Fsp3) is 0.267. The van der Waals surface area contributed by atoms with Gasteiger partial charge in [0.25, 0.3) is 0 Å². The number of hydrogen-bond acceptors (Lipinski definition) is 5. The van der Waals surface area contributed by atoms with Gasteiger partial charge in [-0.15, -0.1) is 0 Å². The number of benzene rings is 1. The SMILES string of the molecule is O=C(O)c1cnc(NCC(CO)Cc2cc(F)cc(Br)c2)cn1. The molecule has 2 rings (SSSR count).